The molecular formula is C16H16FNOS. The van der Waals surface area contributed by atoms with E-state index in [9.17, 15) is 9.18 Å². The van der Waals surface area contributed by atoms with Crippen LogP contribution in [0.4, 0.5) is 4.39 Å². The molecule has 0 saturated carbocycles. The molecule has 0 N–H and O–H groups in total. The molecule has 20 heavy (non-hydrogen) atoms. The Bertz CT molecular complexity index is 637. The van der Waals surface area contributed by atoms with Crippen molar-refractivity contribution in [3.8, 4) is 0 Å². The number of hydrogen-bond donors (Lipinski definition) is 0. The fraction of sp³-hybridized carbons (Fsp3) is 0.312. The predicted octanol–water partition coefficient (Wildman–Crippen LogP) is 3.58. The molecule has 1 aromatic heterocycles. The minimum Gasteiger partial charge on any atom is -0.298 e. The van der Waals surface area contributed by atoms with Crippen molar-refractivity contribution in [3.05, 3.63) is 57.5 Å². The second-order valence-electron chi connectivity index (χ2n) is 5.12. The van der Waals surface area contributed by atoms with Gasteiger partial charge >= 0.3 is 0 Å². The van der Waals surface area contributed by atoms with Crippen LogP contribution in [0.15, 0.2) is 35.7 Å². The number of rotatable bonds is 3. The summed E-state index contributed by atoms with van der Waals surface area (Å²) in [5, 5.41) is 2.08. The summed E-state index contributed by atoms with van der Waals surface area (Å²) in [4.78, 5) is 15.5. The van der Waals surface area contributed by atoms with Crippen LogP contribution in [-0.4, -0.2) is 17.2 Å². The SMILES string of the molecule is CC(=O)C(c1ccccc1F)N1CCc2sccc2C1. The van der Waals surface area contributed by atoms with Crippen LogP contribution in [0.3, 0.4) is 0 Å². The molecule has 1 atom stereocenters. The number of carbonyl (C=O) groups is 1. The molecule has 0 fully saturated rings. The van der Waals surface area contributed by atoms with Crippen LogP contribution in [0.2, 0.25) is 0 Å². The van der Waals surface area contributed by atoms with Crippen molar-refractivity contribution in [1.82, 2.24) is 4.90 Å². The van der Waals surface area contributed by atoms with Crippen molar-refractivity contribution in [2.24, 2.45) is 0 Å². The molecule has 104 valence electrons. The number of Topliss-reactive ketones (excluding diaryl/α,β-unsaturated/α-hetero) is 1. The number of benzene rings is 1. The van der Waals surface area contributed by atoms with Crippen LogP contribution < -0.4 is 0 Å². The lowest BCUT2D eigenvalue weighted by molar-refractivity contribution is -0.122. The van der Waals surface area contributed by atoms with E-state index >= 15 is 0 Å². The molecule has 1 aliphatic rings. The van der Waals surface area contributed by atoms with Crippen molar-refractivity contribution in [1.29, 1.82) is 0 Å². The molecule has 2 nitrogen and oxygen atoms in total. The molecule has 0 aliphatic carbocycles. The number of hydrogen-bond acceptors (Lipinski definition) is 3. The maximum atomic E-state index is 14.0. The van der Waals surface area contributed by atoms with Gasteiger partial charge in [-0.3, -0.25) is 9.69 Å². The zero-order valence-electron chi connectivity index (χ0n) is 11.3. The third-order valence-electron chi connectivity index (χ3n) is 3.79. The van der Waals surface area contributed by atoms with Gasteiger partial charge < -0.3 is 0 Å². The van der Waals surface area contributed by atoms with E-state index in [1.807, 2.05) is 0 Å². The average Bonchev–Trinajstić information content (AvgIpc) is 2.88. The summed E-state index contributed by atoms with van der Waals surface area (Å²) >= 11 is 1.76. The van der Waals surface area contributed by atoms with Crippen LogP contribution in [0.5, 0.6) is 0 Å². The summed E-state index contributed by atoms with van der Waals surface area (Å²) in [6.07, 6.45) is 0.936. The van der Waals surface area contributed by atoms with Gasteiger partial charge in [-0.1, -0.05) is 18.2 Å². The smallest absolute Gasteiger partial charge is 0.151 e. The normalized spacial score (nSPS) is 16.7. The van der Waals surface area contributed by atoms with E-state index in [-0.39, 0.29) is 11.6 Å². The van der Waals surface area contributed by atoms with E-state index in [1.54, 1.807) is 36.5 Å². The lowest BCUT2D eigenvalue weighted by Gasteiger charge is -2.33. The Balaban J connectivity index is 1.93. The second-order valence-corrected chi connectivity index (χ2v) is 6.12. The topological polar surface area (TPSA) is 20.3 Å². The van der Waals surface area contributed by atoms with Gasteiger partial charge in [0.2, 0.25) is 0 Å². The Morgan fingerprint density at radius 2 is 2.15 bits per heavy atom. The van der Waals surface area contributed by atoms with Gasteiger partial charge in [-0.05, 0) is 36.4 Å². The van der Waals surface area contributed by atoms with Crippen molar-refractivity contribution in [2.75, 3.05) is 6.54 Å². The largest absolute Gasteiger partial charge is 0.298 e. The first kappa shape index (κ1) is 13.5. The lowest BCUT2D eigenvalue weighted by atomic mass is 9.98. The second kappa shape index (κ2) is 5.46. The molecule has 3 rings (SSSR count). The third-order valence-corrected chi connectivity index (χ3v) is 4.81. The number of halogens is 1. The molecule has 2 heterocycles. The minimum absolute atomic E-state index is 0.00576. The molecule has 2 aromatic rings. The summed E-state index contributed by atoms with van der Waals surface area (Å²) < 4.78 is 14.0. The molecule has 1 unspecified atom stereocenters. The van der Waals surface area contributed by atoms with Gasteiger partial charge in [0.15, 0.2) is 5.78 Å². The highest BCUT2D eigenvalue weighted by atomic mass is 32.1. The highest BCUT2D eigenvalue weighted by Crippen LogP contribution is 2.31. The van der Waals surface area contributed by atoms with Crippen LogP contribution in [0, 0.1) is 5.82 Å². The Morgan fingerprint density at radius 3 is 2.90 bits per heavy atom. The number of thiophene rings is 1. The Labute approximate surface area is 121 Å². The first-order valence-corrected chi connectivity index (χ1v) is 7.59. The van der Waals surface area contributed by atoms with Crippen LogP contribution in [0.1, 0.15) is 29.0 Å². The number of fused-ring (bicyclic) bond motifs is 1. The first-order chi connectivity index (χ1) is 9.66. The highest BCUT2D eigenvalue weighted by molar-refractivity contribution is 7.10. The lowest BCUT2D eigenvalue weighted by Crippen LogP contribution is -2.37. The van der Waals surface area contributed by atoms with Gasteiger partial charge in [-0.2, -0.15) is 0 Å². The third kappa shape index (κ3) is 2.41. The van der Waals surface area contributed by atoms with Gasteiger partial charge in [-0.25, -0.2) is 4.39 Å². The van der Waals surface area contributed by atoms with Gasteiger partial charge in [0.25, 0.3) is 0 Å². The molecule has 4 heteroatoms. The Morgan fingerprint density at radius 1 is 1.35 bits per heavy atom. The maximum Gasteiger partial charge on any atom is 0.151 e. The van der Waals surface area contributed by atoms with Crippen molar-refractivity contribution < 1.29 is 9.18 Å². The molecule has 0 spiro atoms. The average molecular weight is 289 g/mol. The van der Waals surface area contributed by atoms with E-state index in [4.69, 9.17) is 0 Å². The van der Waals surface area contributed by atoms with Crippen molar-refractivity contribution in [2.45, 2.75) is 25.9 Å². The van der Waals surface area contributed by atoms with E-state index in [1.165, 1.54) is 16.5 Å². The van der Waals surface area contributed by atoms with Gasteiger partial charge in [0, 0.05) is 23.5 Å². The summed E-state index contributed by atoms with van der Waals surface area (Å²) in [6.45, 7) is 3.06. The highest BCUT2D eigenvalue weighted by Gasteiger charge is 2.30. The first-order valence-electron chi connectivity index (χ1n) is 6.71. The molecule has 0 radical (unpaired) electrons. The minimum atomic E-state index is -0.482. The molecular weight excluding hydrogens is 273 g/mol. The fourth-order valence-electron chi connectivity index (χ4n) is 2.86. The van der Waals surface area contributed by atoms with Crippen LogP contribution >= 0.6 is 11.3 Å². The zero-order valence-corrected chi connectivity index (χ0v) is 12.1. The zero-order chi connectivity index (χ0) is 14.1. The molecule has 0 bridgehead atoms. The Hall–Kier alpha value is -1.52. The summed E-state index contributed by atoms with van der Waals surface area (Å²) in [6, 6.07) is 8.20. The summed E-state index contributed by atoms with van der Waals surface area (Å²) in [5.74, 6) is -0.308. The number of ketones is 1. The summed E-state index contributed by atoms with van der Waals surface area (Å²) in [7, 11) is 0. The van der Waals surface area contributed by atoms with Gasteiger partial charge in [0.1, 0.15) is 5.82 Å². The number of carbonyl (C=O) groups excluding carboxylic acids is 1. The van der Waals surface area contributed by atoms with Gasteiger partial charge in [0.05, 0.1) is 6.04 Å². The fourth-order valence-corrected chi connectivity index (χ4v) is 3.75. The maximum absolute atomic E-state index is 14.0. The monoisotopic (exact) mass is 289 g/mol. The van der Waals surface area contributed by atoms with Crippen LogP contribution in [-0.2, 0) is 17.8 Å². The van der Waals surface area contributed by atoms with Crippen molar-refractivity contribution in [3.63, 3.8) is 0 Å². The predicted molar refractivity (Wildman–Crippen MR) is 78.3 cm³/mol. The van der Waals surface area contributed by atoms with Crippen LogP contribution in [0.25, 0.3) is 0 Å². The van der Waals surface area contributed by atoms with E-state index in [0.29, 0.717) is 5.56 Å². The standard InChI is InChI=1S/C16H16FNOS/c1-11(19)16(13-4-2-3-5-14(13)17)18-8-6-15-12(10-18)7-9-20-15/h2-5,7,9,16H,6,8,10H2,1H3. The molecule has 0 amide bonds. The number of nitrogens with zero attached hydrogens (tertiary/aromatic N) is 1. The van der Waals surface area contributed by atoms with E-state index in [0.717, 1.165) is 19.5 Å². The van der Waals surface area contributed by atoms with E-state index in [2.05, 4.69) is 16.3 Å². The quantitative estimate of drug-likeness (QED) is 0.861. The van der Waals surface area contributed by atoms with E-state index < -0.39 is 6.04 Å². The summed E-state index contributed by atoms with van der Waals surface area (Å²) in [5.41, 5.74) is 1.75. The molecule has 1 aliphatic heterocycles. The molecule has 1 aromatic carbocycles. The Kier molecular flexibility index (Phi) is 3.68. The van der Waals surface area contributed by atoms with Gasteiger partial charge in [-0.15, -0.1) is 11.3 Å². The molecule has 0 saturated heterocycles. The van der Waals surface area contributed by atoms with Crippen molar-refractivity contribution >= 4 is 17.1 Å².